The summed E-state index contributed by atoms with van der Waals surface area (Å²) in [5.41, 5.74) is 1.85. The molecule has 0 saturated carbocycles. The number of amides is 1. The maximum absolute atomic E-state index is 12.5. The van der Waals surface area contributed by atoms with Crippen LogP contribution in [0.5, 0.6) is 5.75 Å². The lowest BCUT2D eigenvalue weighted by atomic mass is 10.2. The van der Waals surface area contributed by atoms with E-state index in [1.54, 1.807) is 6.08 Å². The monoisotopic (exact) mass is 477 g/mol. The molecular formula is C24H23N5O2S2. The van der Waals surface area contributed by atoms with Crippen LogP contribution in [0.3, 0.4) is 0 Å². The summed E-state index contributed by atoms with van der Waals surface area (Å²) in [5, 5.41) is 14.6. The molecule has 9 heteroatoms. The Morgan fingerprint density at radius 1 is 1.18 bits per heavy atom. The number of para-hydroxylation sites is 1. The molecule has 2 heterocycles. The molecule has 2 aromatic carbocycles. The Balaban J connectivity index is 1.38. The van der Waals surface area contributed by atoms with Gasteiger partial charge in [-0.15, -0.1) is 28.1 Å². The SMILES string of the molecule is C=CCn1c(SCC(=O)Nc2nc(-c3ccccc3)cs2)nnc1C(C)Oc1ccccc1. The summed E-state index contributed by atoms with van der Waals surface area (Å²) in [4.78, 5) is 17.0. The van der Waals surface area contributed by atoms with E-state index in [-0.39, 0.29) is 17.8 Å². The number of carbonyl (C=O) groups excluding carboxylic acids is 1. The van der Waals surface area contributed by atoms with Crippen molar-refractivity contribution in [2.24, 2.45) is 0 Å². The fraction of sp³-hybridized carbons (Fsp3) is 0.167. The minimum absolute atomic E-state index is 0.155. The third-order valence-electron chi connectivity index (χ3n) is 4.63. The number of aromatic nitrogens is 4. The van der Waals surface area contributed by atoms with Crippen LogP contribution in [0.15, 0.2) is 83.9 Å². The predicted octanol–water partition coefficient (Wildman–Crippen LogP) is 5.46. The Morgan fingerprint density at radius 2 is 1.91 bits per heavy atom. The molecule has 1 amide bonds. The Kier molecular flexibility index (Phi) is 7.54. The van der Waals surface area contributed by atoms with Crippen molar-refractivity contribution in [2.75, 3.05) is 11.1 Å². The second kappa shape index (κ2) is 10.9. The maximum atomic E-state index is 12.5. The van der Waals surface area contributed by atoms with Crippen LogP contribution < -0.4 is 10.1 Å². The van der Waals surface area contributed by atoms with Gasteiger partial charge in [-0.3, -0.25) is 9.36 Å². The normalized spacial score (nSPS) is 11.7. The van der Waals surface area contributed by atoms with Crippen LogP contribution in [0.4, 0.5) is 5.13 Å². The summed E-state index contributed by atoms with van der Waals surface area (Å²) in [5.74, 6) is 1.46. The van der Waals surface area contributed by atoms with Gasteiger partial charge in [0.25, 0.3) is 0 Å². The number of anilines is 1. The van der Waals surface area contributed by atoms with E-state index < -0.39 is 0 Å². The lowest BCUT2D eigenvalue weighted by Crippen LogP contribution is -2.15. The van der Waals surface area contributed by atoms with Crippen LogP contribution in [0.1, 0.15) is 18.9 Å². The van der Waals surface area contributed by atoms with Crippen LogP contribution in [-0.2, 0) is 11.3 Å². The Hall–Kier alpha value is -3.43. The van der Waals surface area contributed by atoms with E-state index in [1.165, 1.54) is 23.1 Å². The molecule has 33 heavy (non-hydrogen) atoms. The highest BCUT2D eigenvalue weighted by atomic mass is 32.2. The van der Waals surface area contributed by atoms with Gasteiger partial charge in [-0.1, -0.05) is 66.4 Å². The van der Waals surface area contributed by atoms with Crippen molar-refractivity contribution in [1.29, 1.82) is 0 Å². The molecule has 4 rings (SSSR count). The Bertz CT molecular complexity index is 1210. The summed E-state index contributed by atoms with van der Waals surface area (Å²) in [6.45, 7) is 6.26. The molecule has 0 radical (unpaired) electrons. The zero-order valence-corrected chi connectivity index (χ0v) is 19.7. The number of allylic oxidation sites excluding steroid dienone is 1. The molecule has 0 fully saturated rings. The van der Waals surface area contributed by atoms with Gasteiger partial charge in [-0.25, -0.2) is 4.98 Å². The number of ether oxygens (including phenoxy) is 1. The number of nitrogens with one attached hydrogen (secondary N) is 1. The molecule has 1 N–H and O–H groups in total. The number of nitrogens with zero attached hydrogens (tertiary/aromatic N) is 4. The maximum Gasteiger partial charge on any atom is 0.236 e. The molecule has 1 atom stereocenters. The molecule has 0 spiro atoms. The van der Waals surface area contributed by atoms with Crippen LogP contribution in [0.2, 0.25) is 0 Å². The molecule has 1 unspecified atom stereocenters. The number of carbonyl (C=O) groups is 1. The van der Waals surface area contributed by atoms with Crippen molar-refractivity contribution >= 4 is 34.1 Å². The zero-order chi connectivity index (χ0) is 23.0. The molecule has 4 aromatic rings. The van der Waals surface area contributed by atoms with Crippen molar-refractivity contribution < 1.29 is 9.53 Å². The first-order valence-electron chi connectivity index (χ1n) is 10.3. The van der Waals surface area contributed by atoms with Gasteiger partial charge in [0.15, 0.2) is 22.2 Å². The minimum Gasteiger partial charge on any atom is -0.483 e. The van der Waals surface area contributed by atoms with Gasteiger partial charge in [-0.2, -0.15) is 0 Å². The average Bonchev–Trinajstić information content (AvgIpc) is 3.46. The Labute approximate surface area is 200 Å². The van der Waals surface area contributed by atoms with E-state index in [4.69, 9.17) is 4.74 Å². The topological polar surface area (TPSA) is 81.9 Å². The summed E-state index contributed by atoms with van der Waals surface area (Å²) in [6, 6.07) is 19.4. The Morgan fingerprint density at radius 3 is 2.64 bits per heavy atom. The molecule has 0 aliphatic heterocycles. The molecule has 0 bridgehead atoms. The van der Waals surface area contributed by atoms with E-state index in [9.17, 15) is 4.79 Å². The van der Waals surface area contributed by atoms with Gasteiger partial charge < -0.3 is 10.1 Å². The average molecular weight is 478 g/mol. The van der Waals surface area contributed by atoms with Gasteiger partial charge in [0.05, 0.1) is 11.4 Å². The first kappa shape index (κ1) is 22.8. The van der Waals surface area contributed by atoms with E-state index >= 15 is 0 Å². The van der Waals surface area contributed by atoms with E-state index in [0.717, 1.165) is 17.0 Å². The number of thioether (sulfide) groups is 1. The van der Waals surface area contributed by atoms with Crippen molar-refractivity contribution in [3.05, 3.63) is 84.5 Å². The van der Waals surface area contributed by atoms with Gasteiger partial charge in [0.1, 0.15) is 5.75 Å². The first-order chi connectivity index (χ1) is 16.1. The minimum atomic E-state index is -0.310. The highest BCUT2D eigenvalue weighted by Crippen LogP contribution is 2.26. The van der Waals surface area contributed by atoms with Crippen molar-refractivity contribution in [2.45, 2.75) is 24.7 Å². The van der Waals surface area contributed by atoms with Crippen molar-refractivity contribution in [3.63, 3.8) is 0 Å². The zero-order valence-electron chi connectivity index (χ0n) is 18.0. The quantitative estimate of drug-likeness (QED) is 0.241. The molecule has 0 aliphatic rings. The number of thiazole rings is 1. The highest BCUT2D eigenvalue weighted by molar-refractivity contribution is 7.99. The third-order valence-corrected chi connectivity index (χ3v) is 6.35. The molecule has 168 valence electrons. The van der Waals surface area contributed by atoms with E-state index in [2.05, 4.69) is 27.1 Å². The highest BCUT2D eigenvalue weighted by Gasteiger charge is 2.20. The van der Waals surface area contributed by atoms with E-state index in [0.29, 0.717) is 22.7 Å². The number of hydrogen-bond acceptors (Lipinski definition) is 7. The largest absolute Gasteiger partial charge is 0.483 e. The summed E-state index contributed by atoms with van der Waals surface area (Å²) in [7, 11) is 0. The number of benzene rings is 2. The number of rotatable bonds is 10. The lowest BCUT2D eigenvalue weighted by molar-refractivity contribution is -0.113. The first-order valence-corrected chi connectivity index (χ1v) is 12.2. The third kappa shape index (κ3) is 5.88. The molecule has 7 nitrogen and oxygen atoms in total. The summed E-state index contributed by atoms with van der Waals surface area (Å²) >= 11 is 2.71. The predicted molar refractivity (Wildman–Crippen MR) is 133 cm³/mol. The second-order valence-electron chi connectivity index (χ2n) is 7.05. The van der Waals surface area contributed by atoms with Crippen LogP contribution in [0.25, 0.3) is 11.3 Å². The van der Waals surface area contributed by atoms with Crippen LogP contribution in [0, 0.1) is 0 Å². The fourth-order valence-corrected chi connectivity index (χ4v) is 4.61. The summed E-state index contributed by atoms with van der Waals surface area (Å²) < 4.78 is 7.90. The summed E-state index contributed by atoms with van der Waals surface area (Å²) in [6.07, 6.45) is 1.46. The van der Waals surface area contributed by atoms with Crippen molar-refractivity contribution in [3.8, 4) is 17.0 Å². The number of hydrogen-bond donors (Lipinski definition) is 1. The van der Waals surface area contributed by atoms with Crippen LogP contribution in [-0.4, -0.2) is 31.4 Å². The molecule has 0 saturated heterocycles. The standard InChI is InChI=1S/C24H23N5O2S2/c1-3-14-29-22(17(2)31-19-12-8-5-9-13-19)27-28-24(29)33-16-21(30)26-23-25-20(15-32-23)18-10-6-4-7-11-18/h3-13,15,17H,1,14,16H2,2H3,(H,25,26,30). The van der Waals surface area contributed by atoms with Crippen molar-refractivity contribution in [1.82, 2.24) is 19.7 Å². The van der Waals surface area contributed by atoms with E-state index in [1.807, 2.05) is 77.5 Å². The van der Waals surface area contributed by atoms with Gasteiger partial charge >= 0.3 is 0 Å². The van der Waals surface area contributed by atoms with Gasteiger partial charge in [0, 0.05) is 17.5 Å². The smallest absolute Gasteiger partial charge is 0.236 e. The molecular weight excluding hydrogens is 454 g/mol. The lowest BCUT2D eigenvalue weighted by Gasteiger charge is -2.15. The fourth-order valence-electron chi connectivity index (χ4n) is 3.12. The van der Waals surface area contributed by atoms with Gasteiger partial charge in [-0.05, 0) is 19.1 Å². The molecule has 0 aliphatic carbocycles. The van der Waals surface area contributed by atoms with Gasteiger partial charge in [0.2, 0.25) is 5.91 Å². The second-order valence-corrected chi connectivity index (χ2v) is 8.85. The molecule has 2 aromatic heterocycles. The van der Waals surface area contributed by atoms with Crippen LogP contribution >= 0.6 is 23.1 Å².